The zero-order valence-corrected chi connectivity index (χ0v) is 9.24. The van der Waals surface area contributed by atoms with Crippen molar-refractivity contribution in [3.8, 4) is 0 Å². The zero-order chi connectivity index (χ0) is 11.4. The molecule has 2 bridgehead atoms. The van der Waals surface area contributed by atoms with Crippen molar-refractivity contribution in [2.24, 2.45) is 16.7 Å². The van der Waals surface area contributed by atoms with E-state index in [-0.39, 0.29) is 17.3 Å². The Morgan fingerprint density at radius 1 is 1.47 bits per heavy atom. The molecule has 0 amide bonds. The van der Waals surface area contributed by atoms with E-state index in [2.05, 4.69) is 0 Å². The van der Waals surface area contributed by atoms with Crippen molar-refractivity contribution in [1.29, 1.82) is 0 Å². The van der Waals surface area contributed by atoms with Crippen LogP contribution in [0.4, 0.5) is 0 Å². The quantitative estimate of drug-likeness (QED) is 0.668. The Balaban J connectivity index is 2.48. The molecule has 4 heteroatoms. The third-order valence-corrected chi connectivity index (χ3v) is 4.62. The smallest absolute Gasteiger partial charge is 0.345 e. The van der Waals surface area contributed by atoms with Crippen LogP contribution in [0, 0.1) is 16.7 Å². The van der Waals surface area contributed by atoms with Gasteiger partial charge in [0.1, 0.15) is 0 Å². The number of rotatable bonds is 1. The normalized spacial score (nSPS) is 42.5. The molecule has 2 rings (SSSR count). The Morgan fingerprint density at radius 2 is 2.07 bits per heavy atom. The van der Waals surface area contributed by atoms with Crippen LogP contribution in [0.15, 0.2) is 0 Å². The molecule has 0 unspecified atom stereocenters. The van der Waals surface area contributed by atoms with Gasteiger partial charge in [0.05, 0.1) is 5.92 Å². The Labute approximate surface area is 88.6 Å². The highest BCUT2D eigenvalue weighted by Gasteiger charge is 2.65. The summed E-state index contributed by atoms with van der Waals surface area (Å²) in [7, 11) is 0. The highest BCUT2D eigenvalue weighted by molar-refractivity contribution is 5.83. The van der Waals surface area contributed by atoms with Crippen molar-refractivity contribution >= 4 is 11.9 Å². The molecule has 0 aromatic carbocycles. The number of aliphatic carboxylic acids is 1. The number of cyclic esters (lactones) is 1. The molecule has 1 heterocycles. The molecule has 2 aliphatic rings. The van der Waals surface area contributed by atoms with Gasteiger partial charge in [-0.1, -0.05) is 20.8 Å². The van der Waals surface area contributed by atoms with E-state index < -0.39 is 17.5 Å². The van der Waals surface area contributed by atoms with Gasteiger partial charge in [-0.2, -0.15) is 0 Å². The second-order valence-corrected chi connectivity index (χ2v) is 5.39. The van der Waals surface area contributed by atoms with Crippen LogP contribution < -0.4 is 0 Å². The van der Waals surface area contributed by atoms with Crippen LogP contribution in [0.25, 0.3) is 0 Å². The maximum atomic E-state index is 11.6. The van der Waals surface area contributed by atoms with Gasteiger partial charge < -0.3 is 9.84 Å². The molecule has 1 N–H and O–H groups in total. The van der Waals surface area contributed by atoms with Crippen molar-refractivity contribution < 1.29 is 19.4 Å². The summed E-state index contributed by atoms with van der Waals surface area (Å²) in [5, 5.41) is 9.10. The largest absolute Gasteiger partial charge is 0.478 e. The topological polar surface area (TPSA) is 63.6 Å². The first-order chi connectivity index (χ1) is 6.80. The standard InChI is InChI=1S/C11H16O4/c1-10(2)6-4-5-11(10,3)7(8(12)13)15-9(6)14/h6-7H,4-5H2,1-3H3,(H,12,13)/t6-,7-,11+/m0/s1. The molecule has 3 atom stereocenters. The van der Waals surface area contributed by atoms with Crippen LogP contribution in [0.5, 0.6) is 0 Å². The minimum Gasteiger partial charge on any atom is -0.478 e. The van der Waals surface area contributed by atoms with Gasteiger partial charge in [-0.15, -0.1) is 0 Å². The van der Waals surface area contributed by atoms with E-state index in [9.17, 15) is 9.59 Å². The van der Waals surface area contributed by atoms with Gasteiger partial charge in [-0.25, -0.2) is 4.79 Å². The van der Waals surface area contributed by atoms with E-state index >= 15 is 0 Å². The van der Waals surface area contributed by atoms with Gasteiger partial charge in [0, 0.05) is 5.41 Å². The fourth-order valence-electron chi connectivity index (χ4n) is 3.06. The van der Waals surface area contributed by atoms with Gasteiger partial charge >= 0.3 is 11.9 Å². The molecule has 84 valence electrons. The SMILES string of the molecule is CC1(C)[C@H]2CC[C@]1(C)[C@H](C(=O)O)OC2=O. The summed E-state index contributed by atoms with van der Waals surface area (Å²) in [6, 6.07) is 0. The number of hydrogen-bond donors (Lipinski definition) is 1. The first-order valence-electron chi connectivity index (χ1n) is 5.24. The highest BCUT2D eigenvalue weighted by atomic mass is 16.6. The lowest BCUT2D eigenvalue weighted by molar-refractivity contribution is -0.197. The van der Waals surface area contributed by atoms with E-state index in [1.165, 1.54) is 0 Å². The predicted octanol–water partition coefficient (Wildman–Crippen LogP) is 1.44. The minimum atomic E-state index is -1.03. The average Bonchev–Trinajstić information content (AvgIpc) is 2.28. The van der Waals surface area contributed by atoms with E-state index in [1.54, 1.807) is 0 Å². The molecule has 1 aliphatic carbocycles. The number of carboxylic acids is 1. The second kappa shape index (κ2) is 2.74. The molecule has 1 aliphatic heterocycles. The lowest BCUT2D eigenvalue weighted by atomic mass is 9.61. The summed E-state index contributed by atoms with van der Waals surface area (Å²) < 4.78 is 5.03. The van der Waals surface area contributed by atoms with E-state index in [0.29, 0.717) is 0 Å². The summed E-state index contributed by atoms with van der Waals surface area (Å²) in [5.41, 5.74) is -0.719. The van der Waals surface area contributed by atoms with Crippen molar-refractivity contribution in [2.45, 2.75) is 39.7 Å². The van der Waals surface area contributed by atoms with Gasteiger partial charge in [-0.05, 0) is 18.3 Å². The van der Waals surface area contributed by atoms with E-state index in [4.69, 9.17) is 9.84 Å². The van der Waals surface area contributed by atoms with Gasteiger partial charge in [0.2, 0.25) is 6.10 Å². The number of carbonyl (C=O) groups excluding carboxylic acids is 1. The van der Waals surface area contributed by atoms with Crippen LogP contribution in [-0.2, 0) is 14.3 Å². The van der Waals surface area contributed by atoms with Crippen molar-refractivity contribution in [3.05, 3.63) is 0 Å². The van der Waals surface area contributed by atoms with Crippen molar-refractivity contribution in [1.82, 2.24) is 0 Å². The summed E-state index contributed by atoms with van der Waals surface area (Å²) in [4.78, 5) is 22.7. The van der Waals surface area contributed by atoms with Crippen LogP contribution >= 0.6 is 0 Å². The summed E-state index contributed by atoms with van der Waals surface area (Å²) in [6.07, 6.45) is 0.498. The van der Waals surface area contributed by atoms with Crippen LogP contribution in [0.2, 0.25) is 0 Å². The summed E-state index contributed by atoms with van der Waals surface area (Å²) >= 11 is 0. The molecule has 0 aromatic rings. The number of ether oxygens (including phenoxy) is 1. The Bertz CT molecular complexity index is 333. The van der Waals surface area contributed by atoms with Crippen molar-refractivity contribution in [2.75, 3.05) is 0 Å². The molecule has 4 nitrogen and oxygen atoms in total. The lowest BCUT2D eigenvalue weighted by Gasteiger charge is -2.47. The third-order valence-electron chi connectivity index (χ3n) is 4.62. The molecule has 1 saturated heterocycles. The number of carboxylic acid groups (broad SMARTS) is 1. The molecule has 2 fully saturated rings. The molecular weight excluding hydrogens is 196 g/mol. The number of fused-ring (bicyclic) bond motifs is 2. The third kappa shape index (κ3) is 1.08. The number of esters is 1. The minimum absolute atomic E-state index is 0.141. The second-order valence-electron chi connectivity index (χ2n) is 5.39. The molecular formula is C11H16O4. The predicted molar refractivity (Wildman–Crippen MR) is 52.1 cm³/mol. The molecule has 0 spiro atoms. The van der Waals surface area contributed by atoms with Crippen LogP contribution in [0.1, 0.15) is 33.6 Å². The maximum absolute atomic E-state index is 11.6. The number of carbonyl (C=O) groups is 2. The van der Waals surface area contributed by atoms with Gasteiger partial charge in [0.25, 0.3) is 0 Å². The van der Waals surface area contributed by atoms with Crippen LogP contribution in [0.3, 0.4) is 0 Å². The zero-order valence-electron chi connectivity index (χ0n) is 9.24. The van der Waals surface area contributed by atoms with E-state index in [0.717, 1.165) is 12.8 Å². The Hall–Kier alpha value is -1.06. The summed E-state index contributed by atoms with van der Waals surface area (Å²) in [5.74, 6) is -1.51. The molecule has 1 saturated carbocycles. The molecule has 0 aromatic heterocycles. The summed E-state index contributed by atoms with van der Waals surface area (Å²) in [6.45, 7) is 5.86. The molecule has 15 heavy (non-hydrogen) atoms. The number of hydrogen-bond acceptors (Lipinski definition) is 3. The fourth-order valence-corrected chi connectivity index (χ4v) is 3.06. The van der Waals surface area contributed by atoms with E-state index in [1.807, 2.05) is 20.8 Å². The first-order valence-corrected chi connectivity index (χ1v) is 5.24. The highest BCUT2D eigenvalue weighted by Crippen LogP contribution is 2.61. The monoisotopic (exact) mass is 212 g/mol. The Morgan fingerprint density at radius 3 is 2.60 bits per heavy atom. The maximum Gasteiger partial charge on any atom is 0.345 e. The fraction of sp³-hybridized carbons (Fsp3) is 0.818. The Kier molecular flexibility index (Phi) is 1.91. The van der Waals surface area contributed by atoms with Gasteiger partial charge in [0.15, 0.2) is 0 Å². The van der Waals surface area contributed by atoms with Crippen molar-refractivity contribution in [3.63, 3.8) is 0 Å². The molecule has 0 radical (unpaired) electrons. The van der Waals surface area contributed by atoms with Gasteiger partial charge in [-0.3, -0.25) is 4.79 Å². The first kappa shape index (κ1) is 10.5. The van der Waals surface area contributed by atoms with Crippen LogP contribution in [-0.4, -0.2) is 23.1 Å². The average molecular weight is 212 g/mol. The lowest BCUT2D eigenvalue weighted by Crippen LogP contribution is -2.55.